The number of anilines is 4. The number of benzene rings is 3. The molecule has 58 heavy (non-hydrogen) atoms. The second-order valence-electron chi connectivity index (χ2n) is 13.1. The van der Waals surface area contributed by atoms with Crippen LogP contribution in [0.15, 0.2) is 102 Å². The van der Waals surface area contributed by atoms with Crippen molar-refractivity contribution >= 4 is 82.6 Å². The fourth-order valence-corrected chi connectivity index (χ4v) is 8.43. The van der Waals surface area contributed by atoms with Crippen molar-refractivity contribution in [2.45, 2.75) is 57.0 Å². The van der Waals surface area contributed by atoms with Gasteiger partial charge in [0.25, 0.3) is 10.0 Å². The number of rotatable bonds is 8. The summed E-state index contributed by atoms with van der Waals surface area (Å²) < 4.78 is 27.8. The molecule has 7 aromatic rings. The van der Waals surface area contributed by atoms with Crippen LogP contribution in [0.5, 0.6) is 0 Å². The van der Waals surface area contributed by atoms with E-state index in [4.69, 9.17) is 5.11 Å². The second-order valence-corrected chi connectivity index (χ2v) is 14.9. The van der Waals surface area contributed by atoms with E-state index in [1.54, 1.807) is 43.6 Å². The molecule has 4 heterocycles. The summed E-state index contributed by atoms with van der Waals surface area (Å²) in [5.74, 6) is 2.49. The summed E-state index contributed by atoms with van der Waals surface area (Å²) in [6, 6.07) is 28.0. The van der Waals surface area contributed by atoms with Gasteiger partial charge in [-0.25, -0.2) is 12.4 Å². The molecule has 5 N–H and O–H groups in total. The van der Waals surface area contributed by atoms with Crippen LogP contribution in [0, 0.1) is 6.92 Å². The van der Waals surface area contributed by atoms with Crippen LogP contribution >= 0.6 is 27.0 Å². The number of aromatic nitrogens is 6. The molecule has 0 saturated heterocycles. The number of hydrogen-bond donors (Lipinski definition) is 5. The van der Waals surface area contributed by atoms with E-state index in [1.807, 2.05) is 32.3 Å². The standard InChI is InChI=1S/C23H23N5O2S.C16H17N5.CH3O.CH4.Na.2H2S/c1-15-7-10-17(11-8-15)31(29,30)28-14-13-19-21(26-23(24-2)27-22(19)28)25-20-12-9-16-5-3-4-6-18(16)20;1-17-16-20-14-12(8-9-18-14)15(21-16)19-13-7-6-10-4-2-3-5-11(10)13;1-2;;;;/h3-8,10-11,13-14,20H,9,12H2,1-2H3,(H2,24,25,26,27);2-5,8-9,13H,6-7H2,1H3,(H3,17,18,19,20,21);1H3;1H4;;2*1H2/q;;-1;;+1;;/t20-;13-;;;;;/m00...../s1. The zero-order valence-corrected chi connectivity index (χ0v) is 37.4. The van der Waals surface area contributed by atoms with Crippen LogP contribution in [0.25, 0.3) is 22.1 Å². The van der Waals surface area contributed by atoms with Crippen molar-refractivity contribution in [3.05, 3.63) is 125 Å². The Bertz CT molecular complexity index is 2530. The predicted molar refractivity (Wildman–Crippen MR) is 240 cm³/mol. The van der Waals surface area contributed by atoms with Gasteiger partial charge in [-0.1, -0.05) is 73.7 Å². The quantitative estimate of drug-likeness (QED) is 0.140. The van der Waals surface area contributed by atoms with E-state index in [0.717, 1.165) is 55.2 Å². The number of hydrogen-bond acceptors (Lipinski definition) is 11. The molecular formula is C41H51N10NaO3S3. The van der Waals surface area contributed by atoms with E-state index in [2.05, 4.69) is 88.7 Å². The topological polar surface area (TPSA) is 178 Å². The average Bonchev–Trinajstić information content (AvgIpc) is 4.03. The molecule has 4 aromatic heterocycles. The largest absolute Gasteiger partial charge is 1.00 e. The third-order valence-electron chi connectivity index (χ3n) is 9.84. The van der Waals surface area contributed by atoms with Crippen molar-refractivity contribution in [2.75, 3.05) is 42.5 Å². The smallest absolute Gasteiger partial charge is 0.857 e. The van der Waals surface area contributed by atoms with Crippen LogP contribution < -0.4 is 55.9 Å². The van der Waals surface area contributed by atoms with Crippen LogP contribution in [0.2, 0.25) is 0 Å². The van der Waals surface area contributed by atoms with Crippen LogP contribution in [0.1, 0.15) is 60.2 Å². The van der Waals surface area contributed by atoms with E-state index in [0.29, 0.717) is 34.8 Å². The average molecular weight is 851 g/mol. The Morgan fingerprint density at radius 2 is 1.22 bits per heavy atom. The molecule has 0 fully saturated rings. The van der Waals surface area contributed by atoms with Crippen LogP contribution in [0.3, 0.4) is 0 Å². The molecule has 17 heteroatoms. The summed E-state index contributed by atoms with van der Waals surface area (Å²) in [4.78, 5) is 21.4. The van der Waals surface area contributed by atoms with Gasteiger partial charge in [-0.3, -0.25) is 0 Å². The Morgan fingerprint density at radius 1 is 0.707 bits per heavy atom. The van der Waals surface area contributed by atoms with E-state index in [9.17, 15) is 8.42 Å². The summed E-state index contributed by atoms with van der Waals surface area (Å²) in [5.41, 5.74) is 7.59. The first-order chi connectivity index (χ1) is 26.3. The molecular weight excluding hydrogens is 800 g/mol. The van der Waals surface area contributed by atoms with Gasteiger partial charge in [0.15, 0.2) is 5.65 Å². The van der Waals surface area contributed by atoms with Crippen molar-refractivity contribution in [3.8, 4) is 0 Å². The van der Waals surface area contributed by atoms with Crippen molar-refractivity contribution in [1.29, 1.82) is 0 Å². The molecule has 0 spiro atoms. The third-order valence-corrected chi connectivity index (χ3v) is 11.5. The number of nitrogens with one attached hydrogen (secondary N) is 5. The first kappa shape index (κ1) is 48.1. The SMILES string of the molecule is C.CNc1nc(N[C@H]2CCc3ccccc32)c2cc[nH]c2n1.CNc1nc(N[C@H]2CCc3ccccc32)c2ccn(S(=O)(=O)c3ccc(C)cc3)c2n1.C[O-].S.S.[Na+]. The Morgan fingerprint density at radius 3 is 1.78 bits per heavy atom. The maximum absolute atomic E-state index is 13.3. The van der Waals surface area contributed by atoms with Crippen LogP contribution in [0.4, 0.5) is 23.5 Å². The van der Waals surface area contributed by atoms with Crippen molar-refractivity contribution in [3.63, 3.8) is 0 Å². The van der Waals surface area contributed by atoms with Gasteiger partial charge < -0.3 is 31.4 Å². The summed E-state index contributed by atoms with van der Waals surface area (Å²) in [7, 11) is 0.516. The first-order valence-electron chi connectivity index (χ1n) is 17.8. The number of fused-ring (bicyclic) bond motifs is 4. The van der Waals surface area contributed by atoms with Gasteiger partial charge in [-0.05, 0) is 79.1 Å². The Labute approximate surface area is 376 Å². The minimum Gasteiger partial charge on any atom is -0.857 e. The van der Waals surface area contributed by atoms with Crippen LogP contribution in [-0.4, -0.2) is 58.5 Å². The van der Waals surface area contributed by atoms with Crippen molar-refractivity contribution in [1.82, 2.24) is 28.9 Å². The van der Waals surface area contributed by atoms with Gasteiger partial charge in [0, 0.05) is 26.5 Å². The van der Waals surface area contributed by atoms with Gasteiger partial charge in [0.2, 0.25) is 11.9 Å². The molecule has 2 aliphatic rings. The Balaban J connectivity index is 0.000000294. The monoisotopic (exact) mass is 850 g/mol. The minimum atomic E-state index is -3.79. The molecule has 0 bridgehead atoms. The van der Waals surface area contributed by atoms with Gasteiger partial charge >= 0.3 is 29.6 Å². The summed E-state index contributed by atoms with van der Waals surface area (Å²) in [6.07, 6.45) is 7.62. The van der Waals surface area contributed by atoms with Gasteiger partial charge in [0.1, 0.15) is 17.3 Å². The second kappa shape index (κ2) is 21.1. The van der Waals surface area contributed by atoms with E-state index < -0.39 is 10.0 Å². The van der Waals surface area contributed by atoms with Gasteiger partial charge in [0.05, 0.1) is 27.8 Å². The minimum absolute atomic E-state index is 0. The molecule has 13 nitrogen and oxygen atoms in total. The maximum atomic E-state index is 13.3. The Kier molecular flexibility index (Phi) is 17.5. The normalized spacial score (nSPS) is 14.6. The summed E-state index contributed by atoms with van der Waals surface area (Å²) in [5, 5.41) is 23.0. The molecule has 2 atom stereocenters. The summed E-state index contributed by atoms with van der Waals surface area (Å²) in [6.45, 7) is 1.92. The fourth-order valence-electron chi connectivity index (χ4n) is 7.14. The van der Waals surface area contributed by atoms with Crippen molar-refractivity contribution < 1.29 is 43.1 Å². The molecule has 0 aliphatic heterocycles. The van der Waals surface area contributed by atoms with Crippen molar-refractivity contribution in [2.24, 2.45) is 0 Å². The van der Waals surface area contributed by atoms with E-state index >= 15 is 0 Å². The van der Waals surface area contributed by atoms with Gasteiger partial charge in [-0.15, -0.1) is 0 Å². The zero-order chi connectivity index (χ0) is 37.8. The molecule has 302 valence electrons. The molecule has 0 radical (unpaired) electrons. The van der Waals surface area contributed by atoms with E-state index in [1.165, 1.54) is 26.2 Å². The molecule has 0 amide bonds. The molecule has 0 saturated carbocycles. The van der Waals surface area contributed by atoms with Crippen LogP contribution in [-0.2, 0) is 22.9 Å². The number of aryl methyl sites for hydroxylation is 3. The predicted octanol–water partition coefficient (Wildman–Crippen LogP) is 4.06. The number of nitrogens with zero attached hydrogens (tertiary/aromatic N) is 5. The zero-order valence-electron chi connectivity index (χ0n) is 32.6. The molecule has 9 rings (SSSR count). The summed E-state index contributed by atoms with van der Waals surface area (Å²) >= 11 is 0. The molecule has 0 unspecified atom stereocenters. The van der Waals surface area contributed by atoms with E-state index in [-0.39, 0.29) is 74.9 Å². The number of aromatic amines is 1. The Hall–Kier alpha value is -4.29. The first-order valence-corrected chi connectivity index (χ1v) is 19.3. The van der Waals surface area contributed by atoms with Gasteiger partial charge in [-0.2, -0.15) is 54.0 Å². The molecule has 2 aliphatic carbocycles. The molecule has 3 aromatic carbocycles. The maximum Gasteiger partial charge on any atom is 1.00 e. The fraction of sp³-hybridized carbons (Fsp3) is 0.268. The third kappa shape index (κ3) is 9.76. The number of H-pyrrole nitrogens is 1.